The summed E-state index contributed by atoms with van der Waals surface area (Å²) in [6.07, 6.45) is 6.41. The summed E-state index contributed by atoms with van der Waals surface area (Å²) in [6.45, 7) is 0. The predicted molar refractivity (Wildman–Crippen MR) is 92.9 cm³/mol. The van der Waals surface area contributed by atoms with Crippen molar-refractivity contribution in [1.29, 1.82) is 0 Å². The second kappa shape index (κ2) is 6.67. The van der Waals surface area contributed by atoms with Crippen molar-refractivity contribution in [1.82, 2.24) is 19.7 Å². The van der Waals surface area contributed by atoms with Crippen molar-refractivity contribution < 1.29 is 4.79 Å². The van der Waals surface area contributed by atoms with E-state index in [4.69, 9.17) is 11.6 Å². The van der Waals surface area contributed by atoms with Gasteiger partial charge < -0.3 is 10.2 Å². The molecule has 1 amide bonds. The molecule has 0 aliphatic rings. The third-order valence-electron chi connectivity index (χ3n) is 3.30. The van der Waals surface area contributed by atoms with Crippen LogP contribution in [0.4, 0.5) is 11.4 Å². The number of benzene rings is 1. The molecule has 0 bridgehead atoms. The van der Waals surface area contributed by atoms with Crippen LogP contribution >= 0.6 is 11.6 Å². The molecule has 3 rings (SSSR count). The van der Waals surface area contributed by atoms with Crippen LogP contribution in [0.5, 0.6) is 0 Å². The zero-order valence-corrected chi connectivity index (χ0v) is 13.9. The van der Waals surface area contributed by atoms with E-state index in [1.165, 1.54) is 6.33 Å². The van der Waals surface area contributed by atoms with Crippen molar-refractivity contribution in [3.05, 3.63) is 59.8 Å². The largest absolute Gasteiger partial charge is 0.373 e. The van der Waals surface area contributed by atoms with Gasteiger partial charge >= 0.3 is 0 Å². The minimum absolute atomic E-state index is 0.257. The van der Waals surface area contributed by atoms with E-state index in [0.29, 0.717) is 22.1 Å². The maximum Gasteiger partial charge on any atom is 0.255 e. The Morgan fingerprint density at radius 2 is 2.12 bits per heavy atom. The van der Waals surface area contributed by atoms with E-state index in [1.807, 2.05) is 19.0 Å². The summed E-state index contributed by atoms with van der Waals surface area (Å²) < 4.78 is 1.59. The number of nitrogens with one attached hydrogen (secondary N) is 1. The molecule has 2 aromatic heterocycles. The number of aromatic nitrogens is 4. The van der Waals surface area contributed by atoms with Crippen LogP contribution in [0, 0.1) is 0 Å². The molecule has 0 atom stereocenters. The molecule has 8 heteroatoms. The topological polar surface area (TPSA) is 75.9 Å². The first kappa shape index (κ1) is 15.9. The van der Waals surface area contributed by atoms with E-state index in [2.05, 4.69) is 20.4 Å². The quantitative estimate of drug-likeness (QED) is 0.788. The van der Waals surface area contributed by atoms with E-state index in [1.54, 1.807) is 47.5 Å². The molecule has 0 saturated carbocycles. The monoisotopic (exact) mass is 342 g/mol. The molecule has 1 N–H and O–H groups in total. The molecule has 0 radical (unpaired) electrons. The zero-order valence-electron chi connectivity index (χ0n) is 13.1. The van der Waals surface area contributed by atoms with Crippen LogP contribution in [0.15, 0.2) is 49.2 Å². The Labute approximate surface area is 143 Å². The number of hydrogen-bond acceptors (Lipinski definition) is 5. The summed E-state index contributed by atoms with van der Waals surface area (Å²) >= 11 is 5.91. The van der Waals surface area contributed by atoms with Crippen molar-refractivity contribution in [3.63, 3.8) is 0 Å². The molecule has 122 valence electrons. The third-order valence-corrected chi connectivity index (χ3v) is 3.53. The van der Waals surface area contributed by atoms with Crippen LogP contribution in [-0.2, 0) is 0 Å². The number of halogens is 1. The molecule has 2 heterocycles. The molecule has 1 aromatic carbocycles. The smallest absolute Gasteiger partial charge is 0.255 e. The highest BCUT2D eigenvalue weighted by atomic mass is 35.5. The first-order valence-corrected chi connectivity index (χ1v) is 7.51. The second-order valence-electron chi connectivity index (χ2n) is 5.26. The van der Waals surface area contributed by atoms with E-state index >= 15 is 0 Å². The molecular weight excluding hydrogens is 328 g/mol. The lowest BCUT2D eigenvalue weighted by atomic mass is 10.2. The number of hydrogen-bond donors (Lipinski definition) is 1. The van der Waals surface area contributed by atoms with Gasteiger partial charge in [-0.3, -0.25) is 4.79 Å². The summed E-state index contributed by atoms with van der Waals surface area (Å²) in [4.78, 5) is 22.4. The van der Waals surface area contributed by atoms with Gasteiger partial charge in [0.1, 0.15) is 12.0 Å². The van der Waals surface area contributed by atoms with Crippen molar-refractivity contribution in [3.8, 4) is 5.82 Å². The summed E-state index contributed by atoms with van der Waals surface area (Å²) in [5.41, 5.74) is 1.85. The second-order valence-corrected chi connectivity index (χ2v) is 5.70. The van der Waals surface area contributed by atoms with Gasteiger partial charge in [-0.25, -0.2) is 14.6 Å². The first-order valence-electron chi connectivity index (χ1n) is 7.14. The standard InChI is InChI=1S/C16H15ClN6O/c1-22(2)14-8-18-10-19-15(14)23-9-13(7-20-23)21-16(24)11-4-3-5-12(17)6-11/h3-10H,1-2H3,(H,21,24). The van der Waals surface area contributed by atoms with E-state index < -0.39 is 0 Å². The van der Waals surface area contributed by atoms with Crippen LogP contribution < -0.4 is 10.2 Å². The number of rotatable bonds is 4. The van der Waals surface area contributed by atoms with Gasteiger partial charge in [0.25, 0.3) is 5.91 Å². The third kappa shape index (κ3) is 3.36. The highest BCUT2D eigenvalue weighted by molar-refractivity contribution is 6.31. The number of carbonyl (C=O) groups excluding carboxylic acids is 1. The Balaban J connectivity index is 1.83. The normalized spacial score (nSPS) is 10.5. The molecule has 0 aliphatic heterocycles. The molecule has 0 saturated heterocycles. The lowest BCUT2D eigenvalue weighted by Crippen LogP contribution is -2.14. The Bertz CT molecular complexity index is 876. The number of amides is 1. The fourth-order valence-corrected chi connectivity index (χ4v) is 2.33. The fraction of sp³-hybridized carbons (Fsp3) is 0.125. The summed E-state index contributed by atoms with van der Waals surface area (Å²) in [5.74, 6) is 0.367. The highest BCUT2D eigenvalue weighted by Gasteiger charge is 2.12. The minimum Gasteiger partial charge on any atom is -0.373 e. The number of anilines is 2. The molecule has 7 nitrogen and oxygen atoms in total. The molecule has 0 aliphatic carbocycles. The first-order chi connectivity index (χ1) is 11.5. The summed E-state index contributed by atoms with van der Waals surface area (Å²) in [6, 6.07) is 6.75. The average molecular weight is 343 g/mol. The molecule has 0 unspecified atom stereocenters. The molecule has 0 fully saturated rings. The number of carbonyl (C=O) groups is 1. The van der Waals surface area contributed by atoms with Crippen LogP contribution in [-0.4, -0.2) is 39.8 Å². The van der Waals surface area contributed by atoms with Crippen LogP contribution in [0.3, 0.4) is 0 Å². The van der Waals surface area contributed by atoms with E-state index in [9.17, 15) is 4.79 Å². The fourth-order valence-electron chi connectivity index (χ4n) is 2.14. The van der Waals surface area contributed by atoms with Crippen LogP contribution in [0.2, 0.25) is 5.02 Å². The van der Waals surface area contributed by atoms with E-state index in [-0.39, 0.29) is 5.91 Å². The van der Waals surface area contributed by atoms with Crippen LogP contribution in [0.1, 0.15) is 10.4 Å². The van der Waals surface area contributed by atoms with Gasteiger partial charge in [0.05, 0.1) is 24.3 Å². The predicted octanol–water partition coefficient (Wildman–Crippen LogP) is 2.63. The zero-order chi connectivity index (χ0) is 17.1. The molecule has 24 heavy (non-hydrogen) atoms. The van der Waals surface area contributed by atoms with Crippen molar-refractivity contribution in [2.24, 2.45) is 0 Å². The highest BCUT2D eigenvalue weighted by Crippen LogP contribution is 2.20. The van der Waals surface area contributed by atoms with Gasteiger partial charge in [-0.1, -0.05) is 17.7 Å². The van der Waals surface area contributed by atoms with Gasteiger partial charge in [-0.2, -0.15) is 5.10 Å². The van der Waals surface area contributed by atoms with E-state index in [0.717, 1.165) is 5.69 Å². The van der Waals surface area contributed by atoms with Crippen molar-refractivity contribution in [2.45, 2.75) is 0 Å². The Morgan fingerprint density at radius 1 is 1.29 bits per heavy atom. The molecule has 3 aromatic rings. The van der Waals surface area contributed by atoms with Crippen molar-refractivity contribution in [2.75, 3.05) is 24.3 Å². The van der Waals surface area contributed by atoms with Gasteiger partial charge in [-0.15, -0.1) is 0 Å². The van der Waals surface area contributed by atoms with Gasteiger partial charge in [0.2, 0.25) is 0 Å². The Kier molecular flexibility index (Phi) is 4.43. The van der Waals surface area contributed by atoms with Crippen molar-refractivity contribution >= 4 is 28.9 Å². The SMILES string of the molecule is CN(C)c1cncnc1-n1cc(NC(=O)c2cccc(Cl)c2)cn1. The molecular formula is C16H15ClN6O. The summed E-state index contributed by atoms with van der Waals surface area (Å²) in [7, 11) is 3.79. The van der Waals surface area contributed by atoms with Gasteiger partial charge in [0.15, 0.2) is 5.82 Å². The Morgan fingerprint density at radius 3 is 2.88 bits per heavy atom. The maximum absolute atomic E-state index is 12.2. The van der Waals surface area contributed by atoms with Gasteiger partial charge in [0, 0.05) is 24.7 Å². The van der Waals surface area contributed by atoms with Crippen LogP contribution in [0.25, 0.3) is 5.82 Å². The lowest BCUT2D eigenvalue weighted by Gasteiger charge is -2.14. The number of nitrogens with zero attached hydrogens (tertiary/aromatic N) is 5. The summed E-state index contributed by atoms with van der Waals surface area (Å²) in [5, 5.41) is 7.55. The molecule has 0 spiro atoms. The maximum atomic E-state index is 12.2. The minimum atomic E-state index is -0.257. The van der Waals surface area contributed by atoms with Gasteiger partial charge in [-0.05, 0) is 18.2 Å². The average Bonchev–Trinajstić information content (AvgIpc) is 3.03. The lowest BCUT2D eigenvalue weighted by molar-refractivity contribution is 0.102. The Hall–Kier alpha value is -2.93.